The number of carbonyl (C=O) groups excluding carboxylic acids is 1. The molecule has 2 rings (SSSR count). The number of thioether (sulfide) groups is 1. The SMILES string of the molecule is CSc1sc(C(=O)O)cc1-c1cccc(Br)c1C=O. The van der Waals surface area contributed by atoms with Crippen molar-refractivity contribution in [3.05, 3.63) is 39.2 Å². The fraction of sp³-hybridized carbons (Fsp3) is 0.0769. The van der Waals surface area contributed by atoms with Gasteiger partial charge in [0.2, 0.25) is 0 Å². The Morgan fingerprint density at radius 1 is 1.42 bits per heavy atom. The van der Waals surface area contributed by atoms with E-state index in [2.05, 4.69) is 15.9 Å². The van der Waals surface area contributed by atoms with E-state index in [9.17, 15) is 9.59 Å². The third kappa shape index (κ3) is 2.75. The van der Waals surface area contributed by atoms with E-state index in [0.29, 0.717) is 10.0 Å². The molecule has 0 saturated heterocycles. The van der Waals surface area contributed by atoms with Gasteiger partial charge in [0, 0.05) is 15.6 Å². The van der Waals surface area contributed by atoms with Crippen molar-refractivity contribution in [2.45, 2.75) is 4.21 Å². The van der Waals surface area contributed by atoms with Gasteiger partial charge in [0.25, 0.3) is 0 Å². The van der Waals surface area contributed by atoms with Crippen LogP contribution in [0, 0.1) is 0 Å². The number of aldehydes is 1. The number of thiophene rings is 1. The standard InChI is InChI=1S/C13H9BrO3S2/c1-18-13-8(5-11(19-13)12(16)17)7-3-2-4-10(14)9(7)6-15/h2-6H,1H3,(H,16,17). The van der Waals surface area contributed by atoms with Gasteiger partial charge < -0.3 is 5.11 Å². The number of carbonyl (C=O) groups is 2. The number of carboxylic acid groups (broad SMARTS) is 1. The maximum absolute atomic E-state index is 11.2. The van der Waals surface area contributed by atoms with Crippen molar-refractivity contribution in [2.24, 2.45) is 0 Å². The number of hydrogen-bond donors (Lipinski definition) is 1. The number of hydrogen-bond acceptors (Lipinski definition) is 4. The van der Waals surface area contributed by atoms with Crippen molar-refractivity contribution in [3.8, 4) is 11.1 Å². The van der Waals surface area contributed by atoms with Gasteiger partial charge in [-0.05, 0) is 24.0 Å². The number of benzene rings is 1. The normalized spacial score (nSPS) is 10.4. The fourth-order valence-corrected chi connectivity index (χ4v) is 3.90. The van der Waals surface area contributed by atoms with Crippen LogP contribution in [0.5, 0.6) is 0 Å². The highest BCUT2D eigenvalue weighted by Gasteiger charge is 2.17. The monoisotopic (exact) mass is 356 g/mol. The van der Waals surface area contributed by atoms with Crippen LogP contribution >= 0.6 is 39.0 Å². The summed E-state index contributed by atoms with van der Waals surface area (Å²) in [6.45, 7) is 0. The first-order chi connectivity index (χ1) is 9.08. The second-order valence-electron chi connectivity index (χ2n) is 3.64. The highest BCUT2D eigenvalue weighted by molar-refractivity contribution is 9.10. The summed E-state index contributed by atoms with van der Waals surface area (Å²) in [5.41, 5.74) is 2.07. The molecule has 1 aromatic carbocycles. The van der Waals surface area contributed by atoms with E-state index in [1.807, 2.05) is 18.4 Å². The van der Waals surface area contributed by atoms with Gasteiger partial charge in [-0.2, -0.15) is 0 Å². The molecule has 0 aliphatic heterocycles. The molecule has 0 aliphatic rings. The summed E-state index contributed by atoms with van der Waals surface area (Å²) in [5.74, 6) is -0.950. The van der Waals surface area contributed by atoms with Crippen LogP contribution in [-0.2, 0) is 0 Å². The van der Waals surface area contributed by atoms with E-state index in [1.165, 1.54) is 23.1 Å². The third-order valence-electron chi connectivity index (χ3n) is 2.56. The van der Waals surface area contributed by atoms with Crippen LogP contribution in [0.1, 0.15) is 20.0 Å². The van der Waals surface area contributed by atoms with E-state index in [1.54, 1.807) is 12.1 Å². The molecule has 19 heavy (non-hydrogen) atoms. The average molecular weight is 357 g/mol. The Bertz CT molecular complexity index is 649. The smallest absolute Gasteiger partial charge is 0.345 e. The zero-order chi connectivity index (χ0) is 14.0. The Kier molecular flexibility index (Phi) is 4.44. The molecule has 0 atom stereocenters. The maximum Gasteiger partial charge on any atom is 0.345 e. The quantitative estimate of drug-likeness (QED) is 0.651. The van der Waals surface area contributed by atoms with Gasteiger partial charge in [-0.25, -0.2) is 4.79 Å². The highest BCUT2D eigenvalue weighted by atomic mass is 79.9. The van der Waals surface area contributed by atoms with Crippen LogP contribution < -0.4 is 0 Å². The second kappa shape index (κ2) is 5.90. The van der Waals surface area contributed by atoms with Gasteiger partial charge in [0.1, 0.15) is 4.88 Å². The topological polar surface area (TPSA) is 54.4 Å². The molecule has 0 radical (unpaired) electrons. The molecule has 0 saturated carbocycles. The molecular weight excluding hydrogens is 348 g/mol. The first kappa shape index (κ1) is 14.3. The molecule has 1 N–H and O–H groups in total. The summed E-state index contributed by atoms with van der Waals surface area (Å²) in [6.07, 6.45) is 2.67. The third-order valence-corrected chi connectivity index (χ3v) is 5.51. The molecule has 98 valence electrons. The molecule has 0 fully saturated rings. The summed E-state index contributed by atoms with van der Waals surface area (Å²) in [6, 6.07) is 7.06. The lowest BCUT2D eigenvalue weighted by Crippen LogP contribution is -1.91. The number of halogens is 1. The molecule has 6 heteroatoms. The Balaban J connectivity index is 2.68. The fourth-order valence-electron chi connectivity index (χ4n) is 1.71. The summed E-state index contributed by atoms with van der Waals surface area (Å²) in [4.78, 5) is 22.5. The summed E-state index contributed by atoms with van der Waals surface area (Å²) >= 11 is 6.03. The van der Waals surface area contributed by atoms with Gasteiger partial charge in [-0.3, -0.25) is 4.79 Å². The lowest BCUT2D eigenvalue weighted by atomic mass is 10.0. The van der Waals surface area contributed by atoms with Crippen molar-refractivity contribution in [3.63, 3.8) is 0 Å². The summed E-state index contributed by atoms with van der Waals surface area (Å²) in [7, 11) is 0. The van der Waals surface area contributed by atoms with Crippen molar-refractivity contribution in [2.75, 3.05) is 6.26 Å². The maximum atomic E-state index is 11.2. The van der Waals surface area contributed by atoms with E-state index in [0.717, 1.165) is 21.6 Å². The predicted molar refractivity (Wildman–Crippen MR) is 81.6 cm³/mol. The van der Waals surface area contributed by atoms with Crippen LogP contribution in [0.3, 0.4) is 0 Å². The van der Waals surface area contributed by atoms with Gasteiger partial charge in [0.05, 0.1) is 4.21 Å². The lowest BCUT2D eigenvalue weighted by molar-refractivity contribution is 0.0702. The lowest BCUT2D eigenvalue weighted by Gasteiger charge is -2.06. The van der Waals surface area contributed by atoms with E-state index in [-0.39, 0.29) is 4.88 Å². The van der Waals surface area contributed by atoms with Crippen LogP contribution in [0.4, 0.5) is 0 Å². The minimum Gasteiger partial charge on any atom is -0.477 e. The van der Waals surface area contributed by atoms with Crippen molar-refractivity contribution in [1.82, 2.24) is 0 Å². The van der Waals surface area contributed by atoms with Crippen LogP contribution in [0.2, 0.25) is 0 Å². The van der Waals surface area contributed by atoms with E-state index < -0.39 is 5.97 Å². The van der Waals surface area contributed by atoms with Gasteiger partial charge in [-0.15, -0.1) is 23.1 Å². The van der Waals surface area contributed by atoms with Crippen LogP contribution in [-0.4, -0.2) is 23.6 Å². The number of carboxylic acids is 1. The Labute approximate surface area is 126 Å². The zero-order valence-corrected chi connectivity index (χ0v) is 13.1. The largest absolute Gasteiger partial charge is 0.477 e. The second-order valence-corrected chi connectivity index (χ2v) is 6.62. The van der Waals surface area contributed by atoms with Crippen molar-refractivity contribution in [1.29, 1.82) is 0 Å². The molecule has 0 amide bonds. The highest BCUT2D eigenvalue weighted by Crippen LogP contribution is 2.40. The molecule has 0 unspecified atom stereocenters. The molecule has 3 nitrogen and oxygen atoms in total. The summed E-state index contributed by atoms with van der Waals surface area (Å²) < 4.78 is 1.59. The van der Waals surface area contributed by atoms with Crippen LogP contribution in [0.15, 0.2) is 32.9 Å². The number of rotatable bonds is 4. The van der Waals surface area contributed by atoms with Gasteiger partial charge in [0.15, 0.2) is 6.29 Å². The van der Waals surface area contributed by atoms with Gasteiger partial charge in [-0.1, -0.05) is 28.1 Å². The Hall–Kier alpha value is -1.11. The predicted octanol–water partition coefficient (Wildman–Crippen LogP) is 4.41. The zero-order valence-electron chi connectivity index (χ0n) is 9.84. The van der Waals surface area contributed by atoms with E-state index >= 15 is 0 Å². The molecule has 0 spiro atoms. The number of aromatic carboxylic acids is 1. The van der Waals surface area contributed by atoms with Crippen LogP contribution in [0.25, 0.3) is 11.1 Å². The molecule has 0 aliphatic carbocycles. The van der Waals surface area contributed by atoms with Crippen molar-refractivity contribution < 1.29 is 14.7 Å². The average Bonchev–Trinajstić information content (AvgIpc) is 2.82. The molecular formula is C13H9BrO3S2. The van der Waals surface area contributed by atoms with E-state index in [4.69, 9.17) is 5.11 Å². The molecule has 0 bridgehead atoms. The van der Waals surface area contributed by atoms with Crippen molar-refractivity contribution >= 4 is 51.3 Å². The van der Waals surface area contributed by atoms with Gasteiger partial charge >= 0.3 is 5.97 Å². The minimum absolute atomic E-state index is 0.274. The first-order valence-electron chi connectivity index (χ1n) is 5.23. The Morgan fingerprint density at radius 3 is 2.74 bits per heavy atom. The Morgan fingerprint density at radius 2 is 2.16 bits per heavy atom. The summed E-state index contributed by atoms with van der Waals surface area (Å²) in [5, 5.41) is 9.07. The molecule has 2 aromatic rings. The molecule has 1 aromatic heterocycles. The molecule has 1 heterocycles. The first-order valence-corrected chi connectivity index (χ1v) is 8.07. The minimum atomic E-state index is -0.950.